The molecular formula is C23H24N2O5. The summed E-state index contributed by atoms with van der Waals surface area (Å²) in [5.41, 5.74) is 1.97. The minimum Gasteiger partial charge on any atom is -0.497 e. The highest BCUT2D eigenvalue weighted by Crippen LogP contribution is 2.35. The molecule has 0 aliphatic heterocycles. The van der Waals surface area contributed by atoms with Crippen LogP contribution in [0.5, 0.6) is 11.5 Å². The van der Waals surface area contributed by atoms with Crippen molar-refractivity contribution in [3.63, 3.8) is 0 Å². The summed E-state index contributed by atoms with van der Waals surface area (Å²) in [6.07, 6.45) is 0. The number of amides is 1. The zero-order chi connectivity index (χ0) is 21.8. The first kappa shape index (κ1) is 21.0. The maximum atomic E-state index is 13.1. The fraction of sp³-hybridized carbons (Fsp3) is 0.217. The van der Waals surface area contributed by atoms with Crippen molar-refractivity contribution in [3.05, 3.63) is 77.1 Å². The predicted molar refractivity (Wildman–Crippen MR) is 113 cm³/mol. The van der Waals surface area contributed by atoms with Gasteiger partial charge in [0.2, 0.25) is 0 Å². The van der Waals surface area contributed by atoms with Gasteiger partial charge in [-0.15, -0.1) is 0 Å². The number of nitrogens with zero attached hydrogens (tertiary/aromatic N) is 2. The molecule has 3 aromatic rings. The number of aromatic carboxylic acids is 1. The number of benzene rings is 2. The number of carboxylic acid groups (broad SMARTS) is 1. The maximum Gasteiger partial charge on any atom is 0.353 e. The zero-order valence-corrected chi connectivity index (χ0v) is 17.4. The summed E-state index contributed by atoms with van der Waals surface area (Å²) in [4.78, 5) is 26.6. The van der Waals surface area contributed by atoms with E-state index < -0.39 is 5.97 Å². The predicted octanol–water partition coefficient (Wildman–Crippen LogP) is 3.77. The van der Waals surface area contributed by atoms with Crippen LogP contribution in [-0.2, 0) is 6.61 Å². The highest BCUT2D eigenvalue weighted by Gasteiger charge is 2.31. The van der Waals surface area contributed by atoms with Gasteiger partial charge in [-0.25, -0.2) is 4.79 Å². The van der Waals surface area contributed by atoms with Gasteiger partial charge in [0.05, 0.1) is 7.11 Å². The van der Waals surface area contributed by atoms with Crippen LogP contribution in [0.25, 0.3) is 5.69 Å². The van der Waals surface area contributed by atoms with E-state index in [1.807, 2.05) is 30.3 Å². The summed E-state index contributed by atoms with van der Waals surface area (Å²) in [5.74, 6) is -0.624. The number of methoxy groups -OCH3 is 1. The zero-order valence-electron chi connectivity index (χ0n) is 17.4. The van der Waals surface area contributed by atoms with Gasteiger partial charge in [-0.05, 0) is 36.8 Å². The van der Waals surface area contributed by atoms with Crippen LogP contribution in [0.2, 0.25) is 0 Å². The molecule has 1 N–H and O–H groups in total. The van der Waals surface area contributed by atoms with Crippen LogP contribution in [-0.4, -0.2) is 47.7 Å². The lowest BCUT2D eigenvalue weighted by Gasteiger charge is -2.16. The van der Waals surface area contributed by atoms with Crippen LogP contribution in [0.4, 0.5) is 0 Å². The highest BCUT2D eigenvalue weighted by atomic mass is 16.5. The summed E-state index contributed by atoms with van der Waals surface area (Å²) in [5, 5.41) is 9.93. The molecule has 7 nitrogen and oxygen atoms in total. The van der Waals surface area contributed by atoms with E-state index in [9.17, 15) is 14.7 Å². The molecule has 156 valence electrons. The number of hydrogen-bond donors (Lipinski definition) is 1. The molecule has 0 atom stereocenters. The number of hydrogen-bond acceptors (Lipinski definition) is 4. The van der Waals surface area contributed by atoms with Crippen molar-refractivity contribution in [3.8, 4) is 17.2 Å². The Balaban J connectivity index is 2.20. The van der Waals surface area contributed by atoms with Crippen LogP contribution >= 0.6 is 0 Å². The third kappa shape index (κ3) is 4.00. The molecule has 3 rings (SSSR count). The van der Waals surface area contributed by atoms with Crippen molar-refractivity contribution >= 4 is 11.9 Å². The van der Waals surface area contributed by atoms with Gasteiger partial charge in [-0.3, -0.25) is 9.36 Å². The minimum absolute atomic E-state index is 0.0200. The quantitative estimate of drug-likeness (QED) is 0.644. The first-order valence-corrected chi connectivity index (χ1v) is 9.36. The van der Waals surface area contributed by atoms with Crippen molar-refractivity contribution in [1.82, 2.24) is 9.47 Å². The van der Waals surface area contributed by atoms with E-state index in [1.54, 1.807) is 52.4 Å². The smallest absolute Gasteiger partial charge is 0.353 e. The number of rotatable bonds is 7. The Labute approximate surface area is 175 Å². The van der Waals surface area contributed by atoms with Gasteiger partial charge in [0.15, 0.2) is 11.4 Å². The van der Waals surface area contributed by atoms with Crippen molar-refractivity contribution in [1.29, 1.82) is 0 Å². The Morgan fingerprint density at radius 2 is 1.63 bits per heavy atom. The third-order valence-electron chi connectivity index (χ3n) is 4.73. The van der Waals surface area contributed by atoms with Crippen LogP contribution in [0.3, 0.4) is 0 Å². The monoisotopic (exact) mass is 408 g/mol. The van der Waals surface area contributed by atoms with Crippen molar-refractivity contribution < 1.29 is 24.2 Å². The minimum atomic E-state index is -1.15. The normalized spacial score (nSPS) is 10.5. The lowest BCUT2D eigenvalue weighted by atomic mass is 10.2. The highest BCUT2D eigenvalue weighted by molar-refractivity contribution is 6.01. The second kappa shape index (κ2) is 8.73. The molecule has 0 saturated carbocycles. The molecule has 1 heterocycles. The van der Waals surface area contributed by atoms with E-state index in [1.165, 1.54) is 9.47 Å². The number of carbonyl (C=O) groups excluding carboxylic acids is 1. The number of aromatic nitrogens is 1. The largest absolute Gasteiger partial charge is 0.497 e. The van der Waals surface area contributed by atoms with Crippen molar-refractivity contribution in [2.45, 2.75) is 13.5 Å². The van der Waals surface area contributed by atoms with Gasteiger partial charge < -0.3 is 19.5 Å². The average Bonchev–Trinajstić information content (AvgIpc) is 3.04. The van der Waals surface area contributed by atoms with Crippen LogP contribution < -0.4 is 9.47 Å². The molecule has 0 unspecified atom stereocenters. The topological polar surface area (TPSA) is 81.0 Å². The summed E-state index contributed by atoms with van der Waals surface area (Å²) in [7, 11) is 4.78. The first-order valence-electron chi connectivity index (χ1n) is 9.36. The van der Waals surface area contributed by atoms with E-state index in [4.69, 9.17) is 9.47 Å². The fourth-order valence-corrected chi connectivity index (χ4v) is 3.22. The van der Waals surface area contributed by atoms with Crippen molar-refractivity contribution in [2.75, 3.05) is 21.2 Å². The molecule has 0 radical (unpaired) electrons. The van der Waals surface area contributed by atoms with E-state index in [0.29, 0.717) is 17.0 Å². The van der Waals surface area contributed by atoms with Crippen molar-refractivity contribution in [2.24, 2.45) is 0 Å². The molecule has 7 heteroatoms. The van der Waals surface area contributed by atoms with Gasteiger partial charge in [0.1, 0.15) is 18.1 Å². The number of carbonyl (C=O) groups is 2. The molecule has 1 amide bonds. The first-order chi connectivity index (χ1) is 14.3. The van der Waals surface area contributed by atoms with Gasteiger partial charge >= 0.3 is 5.97 Å². The summed E-state index contributed by atoms with van der Waals surface area (Å²) >= 11 is 0. The molecule has 0 fully saturated rings. The van der Waals surface area contributed by atoms with E-state index in [0.717, 1.165) is 5.56 Å². The molecule has 2 aromatic carbocycles. The van der Waals surface area contributed by atoms with Gasteiger partial charge in [0.25, 0.3) is 5.91 Å². The molecule has 0 aliphatic carbocycles. The molecule has 0 bridgehead atoms. The lowest BCUT2D eigenvalue weighted by Crippen LogP contribution is -2.25. The second-order valence-electron chi connectivity index (χ2n) is 6.96. The molecule has 0 saturated heterocycles. The Hall–Kier alpha value is -3.74. The van der Waals surface area contributed by atoms with E-state index in [-0.39, 0.29) is 29.7 Å². The maximum absolute atomic E-state index is 13.1. The molecule has 0 spiro atoms. The second-order valence-corrected chi connectivity index (χ2v) is 6.96. The molecule has 1 aromatic heterocycles. The number of ether oxygens (including phenoxy) is 2. The molecular weight excluding hydrogens is 384 g/mol. The average molecular weight is 408 g/mol. The lowest BCUT2D eigenvalue weighted by molar-refractivity contribution is 0.0687. The number of carboxylic acids is 1. The summed E-state index contributed by atoms with van der Waals surface area (Å²) in [6, 6.07) is 16.3. The Kier molecular flexibility index (Phi) is 6.11. The van der Waals surface area contributed by atoms with Gasteiger partial charge in [-0.1, -0.05) is 30.3 Å². The van der Waals surface area contributed by atoms with Gasteiger partial charge in [-0.2, -0.15) is 0 Å². The SMILES string of the molecule is COc1ccc(-n2c(C(=O)O)c(C)c(OCc3ccccc3)c2C(=O)N(C)C)cc1. The van der Waals surface area contributed by atoms with E-state index in [2.05, 4.69) is 0 Å². The van der Waals surface area contributed by atoms with Gasteiger partial charge in [0, 0.05) is 25.3 Å². The van der Waals surface area contributed by atoms with Crippen LogP contribution in [0.1, 0.15) is 32.1 Å². The van der Waals surface area contributed by atoms with Crippen LogP contribution in [0.15, 0.2) is 54.6 Å². The molecule has 30 heavy (non-hydrogen) atoms. The fourth-order valence-electron chi connectivity index (χ4n) is 3.22. The summed E-state index contributed by atoms with van der Waals surface area (Å²) in [6.45, 7) is 1.86. The van der Waals surface area contributed by atoms with Crippen LogP contribution in [0, 0.1) is 6.92 Å². The standard InChI is InChI=1S/C23H24N2O5/c1-15-19(23(27)28)25(17-10-12-18(29-4)13-11-17)20(22(26)24(2)3)21(15)30-14-16-8-6-5-7-9-16/h5-13H,14H2,1-4H3,(H,27,28). The Bertz CT molecular complexity index is 1050. The Morgan fingerprint density at radius 1 is 1.00 bits per heavy atom. The summed E-state index contributed by atoms with van der Waals surface area (Å²) < 4.78 is 12.6. The Morgan fingerprint density at radius 3 is 2.17 bits per heavy atom. The van der Waals surface area contributed by atoms with E-state index >= 15 is 0 Å². The third-order valence-corrected chi connectivity index (χ3v) is 4.73. The molecule has 0 aliphatic rings.